The van der Waals surface area contributed by atoms with Crippen LogP contribution < -0.4 is 5.32 Å². The van der Waals surface area contributed by atoms with Gasteiger partial charge in [-0.1, -0.05) is 37.3 Å². The molecule has 2 rings (SSSR count). The largest absolute Gasteiger partial charge is 0.454 e. The zero-order valence-corrected chi connectivity index (χ0v) is 14.6. The van der Waals surface area contributed by atoms with Crippen molar-refractivity contribution in [2.75, 3.05) is 11.9 Å². The number of rotatable bonds is 8. The zero-order valence-electron chi connectivity index (χ0n) is 14.6. The second kappa shape index (κ2) is 9.93. The molecule has 0 aliphatic heterocycles. The molecule has 0 aliphatic carbocycles. The van der Waals surface area contributed by atoms with E-state index in [1.807, 2.05) is 37.3 Å². The van der Waals surface area contributed by atoms with E-state index >= 15 is 0 Å². The molecule has 0 fully saturated rings. The van der Waals surface area contributed by atoms with Gasteiger partial charge >= 0.3 is 5.97 Å². The molecule has 0 heterocycles. The first-order valence-electron chi connectivity index (χ1n) is 8.41. The van der Waals surface area contributed by atoms with Crippen LogP contribution in [0.1, 0.15) is 35.7 Å². The van der Waals surface area contributed by atoms with Crippen molar-refractivity contribution in [2.45, 2.75) is 19.8 Å². The summed E-state index contributed by atoms with van der Waals surface area (Å²) in [4.78, 5) is 35.3. The number of amides is 1. The van der Waals surface area contributed by atoms with Crippen LogP contribution >= 0.6 is 0 Å². The number of hydrogen-bond acceptors (Lipinski definition) is 4. The summed E-state index contributed by atoms with van der Waals surface area (Å²) in [5, 5.41) is 2.75. The molecule has 0 saturated carbocycles. The highest BCUT2D eigenvalue weighted by Crippen LogP contribution is 2.11. The molecule has 0 aliphatic rings. The monoisotopic (exact) mass is 351 g/mol. The van der Waals surface area contributed by atoms with Crippen molar-refractivity contribution < 1.29 is 19.1 Å². The third-order valence-corrected chi connectivity index (χ3v) is 3.52. The summed E-state index contributed by atoms with van der Waals surface area (Å²) in [6, 6.07) is 15.8. The minimum absolute atomic E-state index is 0.0642. The smallest absolute Gasteiger partial charge is 0.331 e. The minimum Gasteiger partial charge on any atom is -0.454 e. The Bertz CT molecular complexity index is 779. The number of carbonyl (C=O) groups is 3. The van der Waals surface area contributed by atoms with E-state index in [-0.39, 0.29) is 18.3 Å². The maximum atomic E-state index is 12.1. The second-order valence-corrected chi connectivity index (χ2v) is 5.65. The summed E-state index contributed by atoms with van der Waals surface area (Å²) in [6.45, 7) is 1.59. The van der Waals surface area contributed by atoms with E-state index in [1.54, 1.807) is 30.3 Å². The van der Waals surface area contributed by atoms with Crippen LogP contribution in [0.25, 0.3) is 6.08 Å². The van der Waals surface area contributed by atoms with E-state index < -0.39 is 5.97 Å². The fourth-order valence-corrected chi connectivity index (χ4v) is 2.19. The quantitative estimate of drug-likeness (QED) is 0.445. The number of ether oxygens (including phenoxy) is 1. The van der Waals surface area contributed by atoms with Crippen LogP contribution in [0.4, 0.5) is 5.69 Å². The number of Topliss-reactive ketones (excluding diaryl/α,β-unsaturated/α-hetero) is 1. The Labute approximate surface area is 152 Å². The van der Waals surface area contributed by atoms with Crippen molar-refractivity contribution in [3.8, 4) is 0 Å². The molecule has 2 aromatic carbocycles. The number of ketones is 1. The average Bonchev–Trinajstić information content (AvgIpc) is 2.66. The lowest BCUT2D eigenvalue weighted by molar-refractivity contribution is -0.136. The van der Waals surface area contributed by atoms with E-state index in [9.17, 15) is 14.4 Å². The Balaban J connectivity index is 1.82. The van der Waals surface area contributed by atoms with Gasteiger partial charge in [0.2, 0.25) is 5.91 Å². The molecule has 134 valence electrons. The van der Waals surface area contributed by atoms with Crippen LogP contribution in [0.5, 0.6) is 0 Å². The lowest BCUT2D eigenvalue weighted by atomic mass is 10.1. The Morgan fingerprint density at radius 3 is 2.35 bits per heavy atom. The number of benzene rings is 2. The fourth-order valence-electron chi connectivity index (χ4n) is 2.19. The van der Waals surface area contributed by atoms with Crippen molar-refractivity contribution >= 4 is 29.4 Å². The summed E-state index contributed by atoms with van der Waals surface area (Å²) < 4.78 is 4.96. The third kappa shape index (κ3) is 6.36. The number of esters is 1. The summed E-state index contributed by atoms with van der Waals surface area (Å²) >= 11 is 0. The minimum atomic E-state index is -0.578. The van der Waals surface area contributed by atoms with Crippen molar-refractivity contribution in [1.29, 1.82) is 0 Å². The molecule has 0 atom stereocenters. The molecule has 0 aromatic heterocycles. The average molecular weight is 351 g/mol. The fraction of sp³-hybridized carbons (Fsp3) is 0.190. The molecule has 1 N–H and O–H groups in total. The summed E-state index contributed by atoms with van der Waals surface area (Å²) in [7, 11) is 0. The van der Waals surface area contributed by atoms with Gasteiger partial charge in [0, 0.05) is 23.7 Å². The van der Waals surface area contributed by atoms with Gasteiger partial charge in [-0.25, -0.2) is 4.79 Å². The second-order valence-electron chi connectivity index (χ2n) is 5.65. The molecule has 0 unspecified atom stereocenters. The molecule has 1 amide bonds. The topological polar surface area (TPSA) is 72.5 Å². The highest BCUT2D eigenvalue weighted by molar-refractivity contribution is 5.99. The highest BCUT2D eigenvalue weighted by atomic mass is 16.5. The SMILES string of the molecule is CCCC(=O)Nc1ccc(C(=O)COC(=O)/C=C/c2ccccc2)cc1. The van der Waals surface area contributed by atoms with Crippen LogP contribution in [0.2, 0.25) is 0 Å². The van der Waals surface area contributed by atoms with Gasteiger partial charge in [0.25, 0.3) is 0 Å². The molecule has 5 nitrogen and oxygen atoms in total. The number of carbonyl (C=O) groups excluding carboxylic acids is 3. The van der Waals surface area contributed by atoms with Crippen LogP contribution in [-0.4, -0.2) is 24.3 Å². The Morgan fingerprint density at radius 1 is 1.00 bits per heavy atom. The van der Waals surface area contributed by atoms with E-state index in [0.29, 0.717) is 17.7 Å². The Hall–Kier alpha value is -3.21. The van der Waals surface area contributed by atoms with Gasteiger partial charge in [0.15, 0.2) is 12.4 Å². The predicted molar refractivity (Wildman–Crippen MR) is 101 cm³/mol. The van der Waals surface area contributed by atoms with Gasteiger partial charge in [-0.15, -0.1) is 0 Å². The summed E-state index contributed by atoms with van der Waals surface area (Å²) in [5.74, 6) is -0.950. The maximum Gasteiger partial charge on any atom is 0.331 e. The van der Waals surface area contributed by atoms with Crippen LogP contribution in [0, 0.1) is 0 Å². The first-order valence-corrected chi connectivity index (χ1v) is 8.41. The van der Waals surface area contributed by atoms with Crippen LogP contribution in [0.3, 0.4) is 0 Å². The highest BCUT2D eigenvalue weighted by Gasteiger charge is 2.09. The molecule has 0 saturated heterocycles. The van der Waals surface area contributed by atoms with Gasteiger partial charge in [0.1, 0.15) is 0 Å². The Kier molecular flexibility index (Phi) is 7.31. The van der Waals surface area contributed by atoms with Gasteiger partial charge in [0.05, 0.1) is 0 Å². The van der Waals surface area contributed by atoms with Gasteiger partial charge in [-0.05, 0) is 42.3 Å². The molecule has 2 aromatic rings. The number of nitrogens with one attached hydrogen (secondary N) is 1. The van der Waals surface area contributed by atoms with Crippen LogP contribution in [0.15, 0.2) is 60.7 Å². The van der Waals surface area contributed by atoms with E-state index in [1.165, 1.54) is 6.08 Å². The third-order valence-electron chi connectivity index (χ3n) is 3.52. The molecule has 5 heteroatoms. The Morgan fingerprint density at radius 2 is 1.69 bits per heavy atom. The van der Waals surface area contributed by atoms with Gasteiger partial charge in [-0.2, -0.15) is 0 Å². The van der Waals surface area contributed by atoms with E-state index in [4.69, 9.17) is 4.74 Å². The van der Waals surface area contributed by atoms with E-state index in [0.717, 1.165) is 12.0 Å². The first kappa shape index (κ1) is 19.1. The van der Waals surface area contributed by atoms with Crippen molar-refractivity contribution in [1.82, 2.24) is 0 Å². The molecular weight excluding hydrogens is 330 g/mol. The van der Waals surface area contributed by atoms with E-state index in [2.05, 4.69) is 5.32 Å². The number of anilines is 1. The van der Waals surface area contributed by atoms with Crippen molar-refractivity contribution in [2.24, 2.45) is 0 Å². The normalized spacial score (nSPS) is 10.5. The lowest BCUT2D eigenvalue weighted by Gasteiger charge is -2.06. The molecule has 0 bridgehead atoms. The van der Waals surface area contributed by atoms with Gasteiger partial charge < -0.3 is 10.1 Å². The molecule has 0 spiro atoms. The zero-order chi connectivity index (χ0) is 18.8. The summed E-state index contributed by atoms with van der Waals surface area (Å²) in [5.41, 5.74) is 1.91. The molecule has 26 heavy (non-hydrogen) atoms. The maximum absolute atomic E-state index is 12.1. The lowest BCUT2D eigenvalue weighted by Crippen LogP contribution is -2.13. The van der Waals surface area contributed by atoms with Crippen molar-refractivity contribution in [3.63, 3.8) is 0 Å². The first-order chi connectivity index (χ1) is 12.6. The van der Waals surface area contributed by atoms with Gasteiger partial charge in [-0.3, -0.25) is 9.59 Å². The summed E-state index contributed by atoms with van der Waals surface area (Å²) in [6.07, 6.45) is 4.13. The number of hydrogen-bond donors (Lipinski definition) is 1. The predicted octanol–water partition coefficient (Wildman–Crippen LogP) is 3.86. The molecular formula is C21H21NO4. The van der Waals surface area contributed by atoms with Crippen molar-refractivity contribution in [3.05, 3.63) is 71.8 Å². The van der Waals surface area contributed by atoms with Crippen LogP contribution in [-0.2, 0) is 14.3 Å². The molecule has 0 radical (unpaired) electrons. The standard InChI is InChI=1S/C21H21NO4/c1-2-6-20(24)22-18-12-10-17(11-13-18)19(23)15-26-21(25)14-9-16-7-4-3-5-8-16/h3-5,7-14H,2,6,15H2,1H3,(H,22,24)/b14-9+.